The Kier molecular flexibility index (Phi) is 6.18. The van der Waals surface area contributed by atoms with Gasteiger partial charge in [-0.3, -0.25) is 4.79 Å². The number of hydrogen-bond acceptors (Lipinski definition) is 6. The van der Waals surface area contributed by atoms with Crippen LogP contribution in [-0.2, 0) is 18.3 Å². The van der Waals surface area contributed by atoms with E-state index in [0.717, 1.165) is 23.0 Å². The summed E-state index contributed by atoms with van der Waals surface area (Å²) in [6.45, 7) is 3.83. The van der Waals surface area contributed by atoms with Gasteiger partial charge < -0.3 is 14.6 Å². The van der Waals surface area contributed by atoms with Crippen LogP contribution >= 0.6 is 23.1 Å². The van der Waals surface area contributed by atoms with E-state index in [9.17, 15) is 4.79 Å². The van der Waals surface area contributed by atoms with Crippen LogP contribution in [0.25, 0.3) is 0 Å². The predicted molar refractivity (Wildman–Crippen MR) is 110 cm³/mol. The zero-order chi connectivity index (χ0) is 19.4. The predicted octanol–water partition coefficient (Wildman–Crippen LogP) is 3.90. The molecule has 142 valence electrons. The van der Waals surface area contributed by atoms with E-state index in [1.54, 1.807) is 18.4 Å². The number of anilines is 1. The van der Waals surface area contributed by atoms with Gasteiger partial charge in [0.2, 0.25) is 5.91 Å². The molecule has 0 saturated carbocycles. The van der Waals surface area contributed by atoms with Crippen LogP contribution in [0.15, 0.2) is 40.9 Å². The second-order valence-corrected chi connectivity index (χ2v) is 8.51. The Labute approximate surface area is 167 Å². The monoisotopic (exact) mass is 402 g/mol. The van der Waals surface area contributed by atoms with Crippen LogP contribution in [0.3, 0.4) is 0 Å². The van der Waals surface area contributed by atoms with E-state index in [1.807, 2.05) is 55.1 Å². The number of aromatic nitrogens is 3. The van der Waals surface area contributed by atoms with Crippen molar-refractivity contribution in [2.45, 2.75) is 30.7 Å². The van der Waals surface area contributed by atoms with Gasteiger partial charge in [0, 0.05) is 18.3 Å². The van der Waals surface area contributed by atoms with Gasteiger partial charge in [0.25, 0.3) is 0 Å². The number of amides is 1. The number of thioether (sulfide) groups is 1. The molecule has 3 rings (SSSR count). The van der Waals surface area contributed by atoms with Crippen LogP contribution in [0.4, 0.5) is 5.69 Å². The Bertz CT molecular complexity index is 922. The first kappa shape index (κ1) is 19.4. The van der Waals surface area contributed by atoms with E-state index < -0.39 is 0 Å². The molecule has 6 nitrogen and oxygen atoms in total. The summed E-state index contributed by atoms with van der Waals surface area (Å²) in [7, 11) is 3.52. The lowest BCUT2D eigenvalue weighted by Gasteiger charge is -2.14. The minimum absolute atomic E-state index is 0.105. The number of ether oxygens (including phenoxy) is 1. The highest BCUT2D eigenvalue weighted by Gasteiger charge is 2.20. The summed E-state index contributed by atoms with van der Waals surface area (Å²) >= 11 is 3.08. The lowest BCUT2D eigenvalue weighted by Crippen LogP contribution is -2.23. The Morgan fingerprint density at radius 3 is 2.89 bits per heavy atom. The molecule has 1 atom stereocenters. The van der Waals surface area contributed by atoms with Crippen LogP contribution < -0.4 is 10.1 Å². The van der Waals surface area contributed by atoms with Gasteiger partial charge in [-0.2, -0.15) is 0 Å². The molecule has 0 aliphatic heterocycles. The number of carbonyl (C=O) groups is 1. The highest BCUT2D eigenvalue weighted by Crippen LogP contribution is 2.28. The molecular formula is C19H22N4O2S2. The fourth-order valence-electron chi connectivity index (χ4n) is 2.54. The van der Waals surface area contributed by atoms with Gasteiger partial charge in [0.1, 0.15) is 11.6 Å². The van der Waals surface area contributed by atoms with Gasteiger partial charge in [0.15, 0.2) is 5.16 Å². The summed E-state index contributed by atoms with van der Waals surface area (Å²) in [5, 5.41) is 13.9. The van der Waals surface area contributed by atoms with E-state index in [-0.39, 0.29) is 11.2 Å². The molecule has 0 radical (unpaired) electrons. The fourth-order valence-corrected chi connectivity index (χ4v) is 4.07. The molecule has 0 spiro atoms. The molecule has 0 bridgehead atoms. The fraction of sp³-hybridized carbons (Fsp3) is 0.316. The van der Waals surface area contributed by atoms with Gasteiger partial charge in [-0.1, -0.05) is 23.9 Å². The summed E-state index contributed by atoms with van der Waals surface area (Å²) in [5.74, 6) is 1.42. The molecule has 2 heterocycles. The number of benzene rings is 1. The van der Waals surface area contributed by atoms with Crippen molar-refractivity contribution < 1.29 is 9.53 Å². The second-order valence-electron chi connectivity index (χ2n) is 6.17. The van der Waals surface area contributed by atoms with Crippen molar-refractivity contribution in [3.63, 3.8) is 0 Å². The summed E-state index contributed by atoms with van der Waals surface area (Å²) in [6, 6.07) is 9.80. The van der Waals surface area contributed by atoms with E-state index >= 15 is 0 Å². The van der Waals surface area contributed by atoms with Crippen molar-refractivity contribution in [2.75, 3.05) is 12.4 Å². The molecule has 0 aliphatic rings. The minimum atomic E-state index is -0.326. The molecule has 0 saturated heterocycles. The molecular weight excluding hydrogens is 380 g/mol. The lowest BCUT2D eigenvalue weighted by molar-refractivity contribution is -0.115. The smallest absolute Gasteiger partial charge is 0.237 e. The van der Waals surface area contributed by atoms with Crippen LogP contribution in [0.5, 0.6) is 5.75 Å². The number of rotatable bonds is 7. The second kappa shape index (κ2) is 8.58. The SMILES string of the molecule is COc1ccc(C)cc1NC(=O)[C@H](C)Sc1nnc(Cc2cccs2)n1C. The maximum absolute atomic E-state index is 12.6. The largest absolute Gasteiger partial charge is 0.495 e. The quantitative estimate of drug-likeness (QED) is 0.607. The molecule has 8 heteroatoms. The number of thiophene rings is 1. The Morgan fingerprint density at radius 2 is 2.19 bits per heavy atom. The van der Waals surface area contributed by atoms with Gasteiger partial charge in [-0.25, -0.2) is 0 Å². The Balaban J connectivity index is 1.67. The average Bonchev–Trinajstić information content (AvgIpc) is 3.27. The highest BCUT2D eigenvalue weighted by molar-refractivity contribution is 8.00. The number of nitrogens with zero attached hydrogens (tertiary/aromatic N) is 3. The Morgan fingerprint density at radius 1 is 1.37 bits per heavy atom. The standard InChI is InChI=1S/C19H22N4O2S2/c1-12-7-8-16(25-4)15(10-12)20-18(24)13(2)27-19-22-21-17(23(19)3)11-14-6-5-9-26-14/h5-10,13H,11H2,1-4H3,(H,20,24)/t13-/m0/s1. The minimum Gasteiger partial charge on any atom is -0.495 e. The third-order valence-electron chi connectivity index (χ3n) is 4.10. The molecule has 1 amide bonds. The molecule has 1 aromatic carbocycles. The molecule has 27 heavy (non-hydrogen) atoms. The molecule has 0 aliphatic carbocycles. The average molecular weight is 403 g/mol. The molecule has 2 aromatic heterocycles. The maximum Gasteiger partial charge on any atom is 0.237 e. The van der Waals surface area contributed by atoms with E-state index in [4.69, 9.17) is 4.74 Å². The van der Waals surface area contributed by atoms with E-state index in [2.05, 4.69) is 21.6 Å². The van der Waals surface area contributed by atoms with Crippen LogP contribution in [0.1, 0.15) is 23.2 Å². The van der Waals surface area contributed by atoms with Crippen LogP contribution in [0, 0.1) is 6.92 Å². The van der Waals surface area contributed by atoms with Gasteiger partial charge in [-0.15, -0.1) is 21.5 Å². The van der Waals surface area contributed by atoms with Crippen molar-refractivity contribution in [2.24, 2.45) is 7.05 Å². The van der Waals surface area contributed by atoms with Crippen molar-refractivity contribution >= 4 is 34.7 Å². The highest BCUT2D eigenvalue weighted by atomic mass is 32.2. The lowest BCUT2D eigenvalue weighted by atomic mass is 10.2. The number of nitrogens with one attached hydrogen (secondary N) is 1. The summed E-state index contributed by atoms with van der Waals surface area (Å²) < 4.78 is 7.27. The summed E-state index contributed by atoms with van der Waals surface area (Å²) in [6.07, 6.45) is 0.739. The van der Waals surface area contributed by atoms with E-state index in [0.29, 0.717) is 11.4 Å². The molecule has 0 unspecified atom stereocenters. The zero-order valence-electron chi connectivity index (χ0n) is 15.7. The van der Waals surface area contributed by atoms with Crippen molar-refractivity contribution in [3.05, 3.63) is 52.0 Å². The Hall–Kier alpha value is -2.32. The number of hydrogen-bond donors (Lipinski definition) is 1. The van der Waals surface area contributed by atoms with Crippen molar-refractivity contribution in [3.8, 4) is 5.75 Å². The first-order valence-electron chi connectivity index (χ1n) is 8.50. The number of carbonyl (C=O) groups excluding carboxylic acids is 1. The summed E-state index contributed by atoms with van der Waals surface area (Å²) in [5.41, 5.74) is 1.73. The number of methoxy groups -OCH3 is 1. The summed E-state index contributed by atoms with van der Waals surface area (Å²) in [4.78, 5) is 13.9. The topological polar surface area (TPSA) is 69.0 Å². The maximum atomic E-state index is 12.6. The van der Waals surface area contributed by atoms with Gasteiger partial charge >= 0.3 is 0 Å². The molecule has 0 fully saturated rings. The van der Waals surface area contributed by atoms with Crippen molar-refractivity contribution in [1.29, 1.82) is 0 Å². The third-order valence-corrected chi connectivity index (χ3v) is 6.11. The first-order valence-corrected chi connectivity index (χ1v) is 10.3. The van der Waals surface area contributed by atoms with Crippen molar-refractivity contribution in [1.82, 2.24) is 14.8 Å². The van der Waals surface area contributed by atoms with Gasteiger partial charge in [-0.05, 0) is 43.0 Å². The number of aryl methyl sites for hydroxylation is 1. The van der Waals surface area contributed by atoms with Gasteiger partial charge in [0.05, 0.1) is 18.0 Å². The third kappa shape index (κ3) is 4.70. The first-order chi connectivity index (χ1) is 13.0. The zero-order valence-corrected chi connectivity index (χ0v) is 17.4. The normalized spacial score (nSPS) is 12.0. The van der Waals surface area contributed by atoms with E-state index in [1.165, 1.54) is 16.6 Å². The molecule has 3 aromatic rings. The molecule has 1 N–H and O–H groups in total. The van der Waals surface area contributed by atoms with Crippen LogP contribution in [0.2, 0.25) is 0 Å². The van der Waals surface area contributed by atoms with Crippen LogP contribution in [-0.4, -0.2) is 33.0 Å².